The standard InChI is InChI=1S/C18H27NO4S/c1-13-9-14(2)17(15(3)10-13)24(20,21)19-11-16-12-22-18(23-16)7-5-4-6-8-18/h9-10,16,19H,4-8,11-12H2,1-3H3/t16-/m0/s1. The maximum atomic E-state index is 12.7. The monoisotopic (exact) mass is 353 g/mol. The Morgan fingerprint density at radius 2 is 1.75 bits per heavy atom. The molecule has 1 heterocycles. The number of hydrogen-bond acceptors (Lipinski definition) is 4. The van der Waals surface area contributed by atoms with Gasteiger partial charge in [-0.05, 0) is 44.7 Å². The highest BCUT2D eigenvalue weighted by atomic mass is 32.2. The second-order valence-corrected chi connectivity index (χ2v) is 8.81. The van der Waals surface area contributed by atoms with Gasteiger partial charge in [-0.2, -0.15) is 0 Å². The highest BCUT2D eigenvalue weighted by molar-refractivity contribution is 7.89. The Morgan fingerprint density at radius 3 is 2.38 bits per heavy atom. The summed E-state index contributed by atoms with van der Waals surface area (Å²) < 4.78 is 40.0. The van der Waals surface area contributed by atoms with Gasteiger partial charge in [-0.3, -0.25) is 0 Å². The number of ether oxygens (including phenoxy) is 2. The van der Waals surface area contributed by atoms with Gasteiger partial charge in [0.15, 0.2) is 5.79 Å². The third-order valence-corrected chi connectivity index (χ3v) is 6.63. The molecule has 5 nitrogen and oxygen atoms in total. The summed E-state index contributed by atoms with van der Waals surface area (Å²) in [6.07, 6.45) is 5.04. The first kappa shape index (κ1) is 17.9. The Bertz CT molecular complexity index is 685. The molecule has 0 aromatic heterocycles. The van der Waals surface area contributed by atoms with Crippen molar-refractivity contribution in [3.05, 3.63) is 28.8 Å². The van der Waals surface area contributed by atoms with E-state index < -0.39 is 15.8 Å². The lowest BCUT2D eigenvalue weighted by molar-refractivity contribution is -0.186. The SMILES string of the molecule is Cc1cc(C)c(S(=O)(=O)NC[C@H]2COC3(CCCCC3)O2)c(C)c1. The van der Waals surface area contributed by atoms with Crippen LogP contribution in [-0.2, 0) is 19.5 Å². The van der Waals surface area contributed by atoms with Crippen LogP contribution in [0.3, 0.4) is 0 Å². The zero-order valence-corrected chi connectivity index (χ0v) is 15.5. The first-order valence-corrected chi connectivity index (χ1v) is 10.2. The zero-order valence-electron chi connectivity index (χ0n) is 14.7. The largest absolute Gasteiger partial charge is 0.347 e. The van der Waals surface area contributed by atoms with Crippen LogP contribution in [0.15, 0.2) is 17.0 Å². The van der Waals surface area contributed by atoms with E-state index in [1.807, 2.05) is 32.9 Å². The lowest BCUT2D eigenvalue weighted by Gasteiger charge is -2.31. The molecule has 0 bridgehead atoms. The highest BCUT2D eigenvalue weighted by Crippen LogP contribution is 2.37. The van der Waals surface area contributed by atoms with Gasteiger partial charge in [0.1, 0.15) is 0 Å². The lowest BCUT2D eigenvalue weighted by Crippen LogP contribution is -2.37. The van der Waals surface area contributed by atoms with E-state index in [1.165, 1.54) is 6.42 Å². The summed E-state index contributed by atoms with van der Waals surface area (Å²) in [7, 11) is -3.55. The van der Waals surface area contributed by atoms with Gasteiger partial charge in [-0.15, -0.1) is 0 Å². The maximum Gasteiger partial charge on any atom is 0.241 e. The molecule has 1 aliphatic carbocycles. The summed E-state index contributed by atoms with van der Waals surface area (Å²) in [5.41, 5.74) is 2.61. The zero-order chi connectivity index (χ0) is 17.4. The van der Waals surface area contributed by atoms with E-state index in [9.17, 15) is 8.42 Å². The van der Waals surface area contributed by atoms with E-state index in [4.69, 9.17) is 9.47 Å². The van der Waals surface area contributed by atoms with Gasteiger partial charge in [-0.1, -0.05) is 24.1 Å². The van der Waals surface area contributed by atoms with Crippen LogP contribution in [-0.4, -0.2) is 33.5 Å². The van der Waals surface area contributed by atoms with Crippen LogP contribution in [0.5, 0.6) is 0 Å². The predicted molar refractivity (Wildman–Crippen MR) is 92.5 cm³/mol. The van der Waals surface area contributed by atoms with E-state index in [1.54, 1.807) is 0 Å². The van der Waals surface area contributed by atoms with Gasteiger partial charge in [0.2, 0.25) is 10.0 Å². The van der Waals surface area contributed by atoms with Crippen molar-refractivity contribution in [3.63, 3.8) is 0 Å². The molecule has 1 aliphatic heterocycles. The summed E-state index contributed by atoms with van der Waals surface area (Å²) >= 11 is 0. The second kappa shape index (κ2) is 6.75. The van der Waals surface area contributed by atoms with Crippen molar-refractivity contribution in [2.45, 2.75) is 69.7 Å². The number of benzene rings is 1. The Kier molecular flexibility index (Phi) is 5.02. The number of aryl methyl sites for hydroxylation is 3. The van der Waals surface area contributed by atoms with Crippen molar-refractivity contribution in [1.29, 1.82) is 0 Å². The second-order valence-electron chi connectivity index (χ2n) is 7.10. The maximum absolute atomic E-state index is 12.7. The molecular formula is C18H27NO4S. The summed E-state index contributed by atoms with van der Waals surface area (Å²) in [6.45, 7) is 6.34. The fourth-order valence-corrected chi connectivity index (χ4v) is 5.45. The molecular weight excluding hydrogens is 326 g/mol. The van der Waals surface area contributed by atoms with E-state index >= 15 is 0 Å². The van der Waals surface area contributed by atoms with E-state index in [0.717, 1.165) is 42.4 Å². The Balaban J connectivity index is 1.66. The topological polar surface area (TPSA) is 64.6 Å². The van der Waals surface area contributed by atoms with Gasteiger partial charge >= 0.3 is 0 Å². The average molecular weight is 353 g/mol. The van der Waals surface area contributed by atoms with Gasteiger partial charge in [-0.25, -0.2) is 13.1 Å². The van der Waals surface area contributed by atoms with Crippen LogP contribution in [0.2, 0.25) is 0 Å². The molecule has 134 valence electrons. The summed E-state index contributed by atoms with van der Waals surface area (Å²) in [4.78, 5) is 0.374. The fourth-order valence-electron chi connectivity index (χ4n) is 3.94. The van der Waals surface area contributed by atoms with Gasteiger partial charge in [0, 0.05) is 19.4 Å². The van der Waals surface area contributed by atoms with E-state index in [2.05, 4.69) is 4.72 Å². The molecule has 1 N–H and O–H groups in total. The van der Waals surface area contributed by atoms with Crippen molar-refractivity contribution < 1.29 is 17.9 Å². The van der Waals surface area contributed by atoms with Crippen LogP contribution < -0.4 is 4.72 Å². The molecule has 0 unspecified atom stereocenters. The Labute approximate surface area is 144 Å². The first-order valence-electron chi connectivity index (χ1n) is 8.71. The number of sulfonamides is 1. The Morgan fingerprint density at radius 1 is 1.12 bits per heavy atom. The minimum Gasteiger partial charge on any atom is -0.347 e. The summed E-state index contributed by atoms with van der Waals surface area (Å²) in [6, 6.07) is 3.79. The molecule has 1 saturated heterocycles. The van der Waals surface area contributed by atoms with Gasteiger partial charge in [0.05, 0.1) is 17.6 Å². The quantitative estimate of drug-likeness (QED) is 0.904. The third-order valence-electron chi connectivity index (χ3n) is 4.90. The molecule has 1 saturated carbocycles. The van der Waals surface area contributed by atoms with Crippen LogP contribution in [0, 0.1) is 20.8 Å². The molecule has 0 amide bonds. The van der Waals surface area contributed by atoms with Crippen LogP contribution in [0.1, 0.15) is 48.8 Å². The summed E-state index contributed by atoms with van der Waals surface area (Å²) in [5, 5.41) is 0. The van der Waals surface area contributed by atoms with Gasteiger partial charge < -0.3 is 9.47 Å². The fraction of sp³-hybridized carbons (Fsp3) is 0.667. The molecule has 0 radical (unpaired) electrons. The number of hydrogen-bond donors (Lipinski definition) is 1. The van der Waals surface area contributed by atoms with Crippen molar-refractivity contribution in [2.75, 3.05) is 13.2 Å². The minimum absolute atomic E-state index is 0.219. The molecule has 1 atom stereocenters. The van der Waals surface area contributed by atoms with E-state index in [0.29, 0.717) is 11.5 Å². The summed E-state index contributed by atoms with van der Waals surface area (Å²) in [5.74, 6) is -0.468. The molecule has 3 rings (SSSR count). The van der Waals surface area contributed by atoms with Crippen LogP contribution in [0.25, 0.3) is 0 Å². The molecule has 2 aliphatic rings. The molecule has 1 aromatic carbocycles. The normalized spacial score (nSPS) is 23.7. The first-order chi connectivity index (χ1) is 11.3. The molecule has 24 heavy (non-hydrogen) atoms. The average Bonchev–Trinajstić information content (AvgIpc) is 2.87. The van der Waals surface area contributed by atoms with Crippen LogP contribution in [0.4, 0.5) is 0 Å². The molecule has 6 heteroatoms. The van der Waals surface area contributed by atoms with Crippen molar-refractivity contribution >= 4 is 10.0 Å². The third kappa shape index (κ3) is 3.67. The molecule has 1 spiro atoms. The number of rotatable bonds is 4. The van der Waals surface area contributed by atoms with Crippen molar-refractivity contribution in [3.8, 4) is 0 Å². The van der Waals surface area contributed by atoms with Crippen molar-refractivity contribution in [2.24, 2.45) is 0 Å². The van der Waals surface area contributed by atoms with Crippen LogP contribution >= 0.6 is 0 Å². The molecule has 1 aromatic rings. The molecule has 2 fully saturated rings. The van der Waals surface area contributed by atoms with Crippen molar-refractivity contribution in [1.82, 2.24) is 4.72 Å². The minimum atomic E-state index is -3.55. The predicted octanol–water partition coefficient (Wildman–Crippen LogP) is 2.97. The smallest absolute Gasteiger partial charge is 0.241 e. The van der Waals surface area contributed by atoms with E-state index in [-0.39, 0.29) is 12.6 Å². The lowest BCUT2D eigenvalue weighted by atomic mass is 9.94. The number of nitrogens with one attached hydrogen (secondary N) is 1. The highest BCUT2D eigenvalue weighted by Gasteiger charge is 2.42. The Hall–Kier alpha value is -0.950. The van der Waals surface area contributed by atoms with Gasteiger partial charge in [0.25, 0.3) is 0 Å².